The molecular weight excluding hydrogens is 264 g/mol. The van der Waals surface area contributed by atoms with Crippen molar-refractivity contribution < 1.29 is 0 Å². The van der Waals surface area contributed by atoms with Gasteiger partial charge in [0.05, 0.1) is 10.4 Å². The molecule has 0 saturated carbocycles. The van der Waals surface area contributed by atoms with Gasteiger partial charge in [-0.25, -0.2) is 0 Å². The normalized spacial score (nSPS) is 10.2. The van der Waals surface area contributed by atoms with Crippen LogP contribution in [0.3, 0.4) is 0 Å². The van der Waals surface area contributed by atoms with Crippen molar-refractivity contribution in [1.29, 1.82) is 5.26 Å². The Labute approximate surface area is 122 Å². The summed E-state index contributed by atoms with van der Waals surface area (Å²) >= 11 is 1.38. The summed E-state index contributed by atoms with van der Waals surface area (Å²) in [5.41, 5.74) is 4.66. The smallest absolute Gasteiger partial charge is 0.103 e. The van der Waals surface area contributed by atoms with E-state index in [0.717, 1.165) is 21.7 Å². The largest absolute Gasteiger partial charge is 0.192 e. The number of benzene rings is 2. The third kappa shape index (κ3) is 2.22. The molecule has 0 atom stereocenters. The molecule has 1 heterocycles. The predicted molar refractivity (Wildman–Crippen MR) is 82.4 cm³/mol. The monoisotopic (exact) mass is 276 g/mol. The molecule has 2 aromatic carbocycles. The molecule has 3 rings (SSSR count). The summed E-state index contributed by atoms with van der Waals surface area (Å²) in [4.78, 5) is 0.934. The van der Waals surface area contributed by atoms with E-state index < -0.39 is 0 Å². The zero-order valence-corrected chi connectivity index (χ0v) is 11.8. The topological polar surface area (TPSA) is 36.7 Å². The lowest BCUT2D eigenvalue weighted by molar-refractivity contribution is 1.43. The van der Waals surface area contributed by atoms with Crippen LogP contribution in [-0.4, -0.2) is 4.37 Å². The Morgan fingerprint density at radius 3 is 2.30 bits per heavy atom. The fourth-order valence-corrected chi connectivity index (χ4v) is 2.94. The second-order valence-electron chi connectivity index (χ2n) is 4.58. The van der Waals surface area contributed by atoms with Gasteiger partial charge in [-0.15, -0.1) is 0 Å². The SMILES string of the molecule is Cc1ccc(-c2nsc(-c3ccccc3)c2C#N)cc1. The highest BCUT2D eigenvalue weighted by atomic mass is 32.1. The van der Waals surface area contributed by atoms with Crippen LogP contribution in [0.1, 0.15) is 11.1 Å². The Hall–Kier alpha value is -2.44. The quantitative estimate of drug-likeness (QED) is 0.682. The van der Waals surface area contributed by atoms with Crippen molar-refractivity contribution in [3.63, 3.8) is 0 Å². The van der Waals surface area contributed by atoms with Crippen LogP contribution >= 0.6 is 11.5 Å². The van der Waals surface area contributed by atoms with Crippen molar-refractivity contribution in [2.75, 3.05) is 0 Å². The van der Waals surface area contributed by atoms with E-state index in [1.165, 1.54) is 17.1 Å². The van der Waals surface area contributed by atoms with E-state index in [2.05, 4.69) is 10.4 Å². The maximum absolute atomic E-state index is 9.48. The summed E-state index contributed by atoms with van der Waals surface area (Å²) in [6, 6.07) is 20.3. The number of nitrogens with zero attached hydrogens (tertiary/aromatic N) is 2. The van der Waals surface area contributed by atoms with E-state index in [-0.39, 0.29) is 0 Å². The van der Waals surface area contributed by atoms with Gasteiger partial charge in [0, 0.05) is 5.56 Å². The molecule has 0 N–H and O–H groups in total. The summed E-state index contributed by atoms with van der Waals surface area (Å²) in [7, 11) is 0. The minimum absolute atomic E-state index is 0.657. The van der Waals surface area contributed by atoms with Gasteiger partial charge < -0.3 is 0 Å². The Morgan fingerprint density at radius 1 is 0.950 bits per heavy atom. The van der Waals surface area contributed by atoms with Gasteiger partial charge >= 0.3 is 0 Å². The lowest BCUT2D eigenvalue weighted by Crippen LogP contribution is -1.83. The van der Waals surface area contributed by atoms with E-state index in [1.54, 1.807) is 0 Å². The standard InChI is InChI=1S/C17H12N2S/c1-12-7-9-13(10-8-12)16-15(11-18)17(20-19-16)14-5-3-2-4-6-14/h2-10H,1H3. The molecule has 0 fully saturated rings. The Balaban J connectivity index is 2.13. The molecule has 0 spiro atoms. The first kappa shape index (κ1) is 12.6. The number of nitriles is 1. The fourth-order valence-electron chi connectivity index (χ4n) is 2.09. The van der Waals surface area contributed by atoms with Gasteiger partial charge in [0.2, 0.25) is 0 Å². The second-order valence-corrected chi connectivity index (χ2v) is 5.35. The summed E-state index contributed by atoms with van der Waals surface area (Å²) in [6.07, 6.45) is 0. The van der Waals surface area contributed by atoms with E-state index in [1.807, 2.05) is 61.5 Å². The van der Waals surface area contributed by atoms with E-state index in [0.29, 0.717) is 5.56 Å². The van der Waals surface area contributed by atoms with E-state index >= 15 is 0 Å². The molecule has 0 amide bonds. The molecular formula is C17H12N2S. The zero-order chi connectivity index (χ0) is 13.9. The molecule has 1 aromatic heterocycles. The molecule has 3 aromatic rings. The number of hydrogen-bond acceptors (Lipinski definition) is 3. The third-order valence-corrected chi connectivity index (χ3v) is 4.06. The number of aryl methyl sites for hydroxylation is 1. The molecule has 0 aliphatic rings. The number of rotatable bonds is 2. The van der Waals surface area contributed by atoms with Gasteiger partial charge in [-0.1, -0.05) is 60.2 Å². The summed E-state index contributed by atoms with van der Waals surface area (Å²) < 4.78 is 4.48. The molecule has 0 radical (unpaired) electrons. The summed E-state index contributed by atoms with van der Waals surface area (Å²) in [6.45, 7) is 2.05. The highest BCUT2D eigenvalue weighted by Gasteiger charge is 2.16. The molecule has 3 heteroatoms. The molecule has 96 valence electrons. The highest BCUT2D eigenvalue weighted by Crippen LogP contribution is 2.34. The van der Waals surface area contributed by atoms with Crippen molar-refractivity contribution in [3.05, 3.63) is 65.7 Å². The maximum Gasteiger partial charge on any atom is 0.103 e. The molecule has 0 aliphatic carbocycles. The van der Waals surface area contributed by atoms with E-state index in [4.69, 9.17) is 0 Å². The van der Waals surface area contributed by atoms with Crippen LogP contribution in [0.15, 0.2) is 54.6 Å². The van der Waals surface area contributed by atoms with Gasteiger partial charge in [0.1, 0.15) is 11.8 Å². The second kappa shape index (κ2) is 5.28. The number of hydrogen-bond donors (Lipinski definition) is 0. The first-order valence-corrected chi connectivity index (χ1v) is 7.09. The van der Waals surface area contributed by atoms with Crippen molar-refractivity contribution >= 4 is 11.5 Å². The lowest BCUT2D eigenvalue weighted by Gasteiger charge is -2.00. The molecule has 0 bridgehead atoms. The average Bonchev–Trinajstić information content (AvgIpc) is 2.93. The Bertz CT molecular complexity index is 765. The molecule has 2 nitrogen and oxygen atoms in total. The van der Waals surface area contributed by atoms with Crippen molar-refractivity contribution in [2.45, 2.75) is 6.92 Å². The van der Waals surface area contributed by atoms with Gasteiger partial charge in [-0.3, -0.25) is 0 Å². The summed E-state index contributed by atoms with van der Waals surface area (Å²) in [5.74, 6) is 0. The highest BCUT2D eigenvalue weighted by molar-refractivity contribution is 7.10. The van der Waals surface area contributed by atoms with Gasteiger partial charge in [-0.2, -0.15) is 9.64 Å². The molecule has 0 unspecified atom stereocenters. The summed E-state index contributed by atoms with van der Waals surface area (Å²) in [5, 5.41) is 9.48. The minimum Gasteiger partial charge on any atom is -0.192 e. The van der Waals surface area contributed by atoms with Gasteiger partial charge in [-0.05, 0) is 24.0 Å². The van der Waals surface area contributed by atoms with Crippen LogP contribution < -0.4 is 0 Å². The van der Waals surface area contributed by atoms with Crippen molar-refractivity contribution in [2.24, 2.45) is 0 Å². The molecule has 20 heavy (non-hydrogen) atoms. The van der Waals surface area contributed by atoms with Crippen LogP contribution in [0.4, 0.5) is 0 Å². The first-order valence-electron chi connectivity index (χ1n) is 6.32. The van der Waals surface area contributed by atoms with Crippen molar-refractivity contribution in [1.82, 2.24) is 4.37 Å². The van der Waals surface area contributed by atoms with Crippen LogP contribution in [0.2, 0.25) is 0 Å². The Kier molecular flexibility index (Phi) is 3.32. The zero-order valence-electron chi connectivity index (χ0n) is 11.0. The molecule has 0 aliphatic heterocycles. The maximum atomic E-state index is 9.48. The first-order chi connectivity index (χ1) is 9.79. The van der Waals surface area contributed by atoms with Gasteiger partial charge in [0.15, 0.2) is 0 Å². The van der Waals surface area contributed by atoms with Crippen LogP contribution in [-0.2, 0) is 0 Å². The van der Waals surface area contributed by atoms with Crippen LogP contribution in [0.25, 0.3) is 21.7 Å². The van der Waals surface area contributed by atoms with Gasteiger partial charge in [0.25, 0.3) is 0 Å². The minimum atomic E-state index is 0.657. The van der Waals surface area contributed by atoms with Crippen LogP contribution in [0, 0.1) is 18.3 Å². The van der Waals surface area contributed by atoms with Crippen molar-refractivity contribution in [3.8, 4) is 27.8 Å². The third-order valence-electron chi connectivity index (χ3n) is 3.16. The molecule has 0 saturated heterocycles. The average molecular weight is 276 g/mol. The fraction of sp³-hybridized carbons (Fsp3) is 0.0588. The number of aromatic nitrogens is 1. The predicted octanol–water partition coefficient (Wildman–Crippen LogP) is 4.66. The lowest BCUT2D eigenvalue weighted by atomic mass is 10.0. The Morgan fingerprint density at radius 2 is 1.65 bits per heavy atom. The van der Waals surface area contributed by atoms with E-state index in [9.17, 15) is 5.26 Å². The van der Waals surface area contributed by atoms with Crippen LogP contribution in [0.5, 0.6) is 0 Å².